The highest BCUT2D eigenvalue weighted by Crippen LogP contribution is 2.20. The molecule has 1 aromatic carbocycles. The van der Waals surface area contributed by atoms with Crippen molar-refractivity contribution in [3.8, 4) is 0 Å². The Morgan fingerprint density at radius 3 is 2.55 bits per heavy atom. The van der Waals surface area contributed by atoms with Gasteiger partial charge in [-0.15, -0.1) is 10.2 Å². The molecule has 0 aliphatic carbocycles. The molecule has 2 rings (SSSR count). The average molecular weight is 430 g/mol. The number of hydrogen-bond donors (Lipinski definition) is 2. The van der Waals surface area contributed by atoms with Gasteiger partial charge in [0.15, 0.2) is 5.96 Å². The van der Waals surface area contributed by atoms with E-state index >= 15 is 0 Å². The third-order valence-electron chi connectivity index (χ3n) is 5.33. The van der Waals surface area contributed by atoms with Crippen LogP contribution in [0.5, 0.6) is 0 Å². The van der Waals surface area contributed by atoms with Crippen molar-refractivity contribution in [2.24, 2.45) is 4.99 Å². The number of nitrogens with zero attached hydrogens (tertiary/aromatic N) is 5. The van der Waals surface area contributed by atoms with E-state index < -0.39 is 0 Å². The highest BCUT2D eigenvalue weighted by Gasteiger charge is 2.17. The maximum absolute atomic E-state index is 5.17. The molecule has 0 aliphatic heterocycles. The van der Waals surface area contributed by atoms with Gasteiger partial charge in [0.2, 0.25) is 0 Å². The Morgan fingerprint density at radius 2 is 1.87 bits per heavy atom. The Morgan fingerprint density at radius 1 is 1.13 bits per heavy atom. The number of aliphatic imine (C=N–C) groups is 1. The van der Waals surface area contributed by atoms with Gasteiger partial charge in [0.05, 0.1) is 12.6 Å². The number of benzene rings is 1. The summed E-state index contributed by atoms with van der Waals surface area (Å²) in [6, 6.07) is 10.9. The zero-order chi connectivity index (χ0) is 22.3. The summed E-state index contributed by atoms with van der Waals surface area (Å²) in [6.45, 7) is 12.3. The topological polar surface area (TPSA) is 79.6 Å². The SMILES string of the molecule is CCc1nncn1CCNC(=NCC(c1ccccc1)N(CC)CC)NCCCOC. The zero-order valence-corrected chi connectivity index (χ0v) is 19.5. The maximum Gasteiger partial charge on any atom is 0.191 e. The van der Waals surface area contributed by atoms with E-state index in [0.29, 0.717) is 6.54 Å². The Kier molecular flexibility index (Phi) is 11.6. The Bertz CT molecular complexity index is 743. The van der Waals surface area contributed by atoms with Gasteiger partial charge in [-0.05, 0) is 25.1 Å². The molecule has 0 amide bonds. The van der Waals surface area contributed by atoms with Gasteiger partial charge in [0, 0.05) is 39.8 Å². The second kappa shape index (κ2) is 14.5. The van der Waals surface area contributed by atoms with Crippen LogP contribution in [0, 0.1) is 0 Å². The number of nitrogens with one attached hydrogen (secondary N) is 2. The summed E-state index contributed by atoms with van der Waals surface area (Å²) in [7, 11) is 1.73. The number of hydrogen-bond acceptors (Lipinski definition) is 5. The Labute approximate surface area is 187 Å². The summed E-state index contributed by atoms with van der Waals surface area (Å²) < 4.78 is 7.25. The summed E-state index contributed by atoms with van der Waals surface area (Å²) in [5, 5.41) is 15.1. The van der Waals surface area contributed by atoms with Crippen molar-refractivity contribution in [1.82, 2.24) is 30.3 Å². The standard InChI is InChI=1S/C23H39N7O/c1-5-22-28-27-19-30(22)16-15-25-23(24-14-11-17-31-4)26-18-21(29(6-2)7-3)20-12-9-8-10-13-20/h8-10,12-13,19,21H,5-7,11,14-18H2,1-4H3,(H2,24,25,26). The van der Waals surface area contributed by atoms with Crippen LogP contribution in [0.4, 0.5) is 0 Å². The van der Waals surface area contributed by atoms with Gasteiger partial charge in [-0.2, -0.15) is 0 Å². The van der Waals surface area contributed by atoms with E-state index in [1.54, 1.807) is 13.4 Å². The fourth-order valence-electron chi connectivity index (χ4n) is 3.58. The fraction of sp³-hybridized carbons (Fsp3) is 0.609. The number of methoxy groups -OCH3 is 1. The first-order chi connectivity index (χ1) is 15.2. The van der Waals surface area contributed by atoms with E-state index in [0.717, 1.165) is 64.0 Å². The molecule has 1 unspecified atom stereocenters. The monoisotopic (exact) mass is 429 g/mol. The first kappa shape index (κ1) is 24.8. The van der Waals surface area contributed by atoms with Gasteiger partial charge in [-0.25, -0.2) is 0 Å². The molecular formula is C23H39N7O. The number of aromatic nitrogens is 3. The number of likely N-dealkylation sites (N-methyl/N-ethyl adjacent to an activating group) is 1. The molecule has 172 valence electrons. The number of guanidine groups is 1. The molecule has 2 aromatic rings. The Hall–Kier alpha value is -2.45. The van der Waals surface area contributed by atoms with Crippen LogP contribution < -0.4 is 10.6 Å². The van der Waals surface area contributed by atoms with Crippen LogP contribution in [-0.2, 0) is 17.7 Å². The van der Waals surface area contributed by atoms with Gasteiger partial charge in [-0.3, -0.25) is 9.89 Å². The van der Waals surface area contributed by atoms with Gasteiger partial charge in [-0.1, -0.05) is 51.1 Å². The largest absolute Gasteiger partial charge is 0.385 e. The van der Waals surface area contributed by atoms with Crippen LogP contribution in [0.3, 0.4) is 0 Å². The molecule has 0 saturated carbocycles. The third-order valence-corrected chi connectivity index (χ3v) is 5.33. The van der Waals surface area contributed by atoms with Crippen LogP contribution in [0.1, 0.15) is 44.6 Å². The van der Waals surface area contributed by atoms with Gasteiger partial charge >= 0.3 is 0 Å². The summed E-state index contributed by atoms with van der Waals surface area (Å²) >= 11 is 0. The van der Waals surface area contributed by atoms with E-state index in [-0.39, 0.29) is 6.04 Å². The van der Waals surface area contributed by atoms with Crippen molar-refractivity contribution in [1.29, 1.82) is 0 Å². The molecule has 2 N–H and O–H groups in total. The predicted molar refractivity (Wildman–Crippen MR) is 126 cm³/mol. The second-order valence-electron chi connectivity index (χ2n) is 7.33. The van der Waals surface area contributed by atoms with Crippen molar-refractivity contribution < 1.29 is 4.74 Å². The first-order valence-corrected chi connectivity index (χ1v) is 11.4. The smallest absolute Gasteiger partial charge is 0.191 e. The van der Waals surface area contributed by atoms with E-state index in [1.807, 2.05) is 0 Å². The lowest BCUT2D eigenvalue weighted by Crippen LogP contribution is -2.40. The minimum Gasteiger partial charge on any atom is -0.385 e. The van der Waals surface area contributed by atoms with E-state index in [9.17, 15) is 0 Å². The second-order valence-corrected chi connectivity index (χ2v) is 7.33. The summed E-state index contributed by atoms with van der Waals surface area (Å²) in [5.74, 6) is 1.83. The van der Waals surface area contributed by atoms with Crippen LogP contribution >= 0.6 is 0 Å². The number of rotatable bonds is 14. The van der Waals surface area contributed by atoms with Crippen molar-refractivity contribution in [3.63, 3.8) is 0 Å². The highest BCUT2D eigenvalue weighted by atomic mass is 16.5. The number of aryl methyl sites for hydroxylation is 1. The molecule has 1 heterocycles. The minimum absolute atomic E-state index is 0.248. The summed E-state index contributed by atoms with van der Waals surface area (Å²) in [4.78, 5) is 7.40. The lowest BCUT2D eigenvalue weighted by atomic mass is 10.1. The zero-order valence-electron chi connectivity index (χ0n) is 19.5. The van der Waals surface area contributed by atoms with Crippen LogP contribution in [0.2, 0.25) is 0 Å². The van der Waals surface area contributed by atoms with Crippen molar-refractivity contribution >= 4 is 5.96 Å². The molecule has 0 bridgehead atoms. The first-order valence-electron chi connectivity index (χ1n) is 11.4. The van der Waals surface area contributed by atoms with Crippen molar-refractivity contribution in [2.75, 3.05) is 46.4 Å². The van der Waals surface area contributed by atoms with Crippen LogP contribution in [0.15, 0.2) is 41.7 Å². The van der Waals surface area contributed by atoms with Crippen molar-refractivity contribution in [2.45, 2.75) is 46.2 Å². The Balaban J connectivity index is 2.06. The van der Waals surface area contributed by atoms with Gasteiger partial charge in [0.1, 0.15) is 12.2 Å². The third kappa shape index (κ3) is 8.30. The molecule has 31 heavy (non-hydrogen) atoms. The molecular weight excluding hydrogens is 390 g/mol. The van der Waals surface area contributed by atoms with Crippen LogP contribution in [0.25, 0.3) is 0 Å². The molecule has 1 atom stereocenters. The quantitative estimate of drug-likeness (QED) is 0.273. The lowest BCUT2D eigenvalue weighted by Gasteiger charge is -2.29. The fourth-order valence-corrected chi connectivity index (χ4v) is 3.58. The van der Waals surface area contributed by atoms with E-state index in [1.165, 1.54) is 5.56 Å². The molecule has 0 fully saturated rings. The van der Waals surface area contributed by atoms with Crippen LogP contribution in [-0.4, -0.2) is 72.1 Å². The van der Waals surface area contributed by atoms with E-state index in [4.69, 9.17) is 9.73 Å². The van der Waals surface area contributed by atoms with Crippen molar-refractivity contribution in [3.05, 3.63) is 48.0 Å². The minimum atomic E-state index is 0.248. The summed E-state index contributed by atoms with van der Waals surface area (Å²) in [6.07, 6.45) is 3.59. The molecule has 8 heteroatoms. The maximum atomic E-state index is 5.17. The normalized spacial score (nSPS) is 12.9. The molecule has 8 nitrogen and oxygen atoms in total. The summed E-state index contributed by atoms with van der Waals surface area (Å²) in [5.41, 5.74) is 1.30. The van der Waals surface area contributed by atoms with Gasteiger partial charge < -0.3 is 19.9 Å². The highest BCUT2D eigenvalue weighted by molar-refractivity contribution is 5.79. The van der Waals surface area contributed by atoms with Gasteiger partial charge in [0.25, 0.3) is 0 Å². The molecule has 0 aliphatic rings. The van der Waals surface area contributed by atoms with E-state index in [2.05, 4.69) is 81.4 Å². The number of ether oxygens (including phenoxy) is 1. The molecule has 0 radical (unpaired) electrons. The molecule has 1 aromatic heterocycles. The molecule has 0 saturated heterocycles. The predicted octanol–water partition coefficient (Wildman–Crippen LogP) is 2.50. The average Bonchev–Trinajstić information content (AvgIpc) is 3.27. The molecule has 0 spiro atoms. The lowest BCUT2D eigenvalue weighted by molar-refractivity contribution is 0.195.